The van der Waals surface area contributed by atoms with Crippen LogP contribution >= 0.6 is 0 Å². The molecule has 2 saturated heterocycles. The third-order valence-electron chi connectivity index (χ3n) is 9.96. The third-order valence-corrected chi connectivity index (χ3v) is 9.96. The minimum Gasteiger partial charge on any atom is -0.350 e. The summed E-state index contributed by atoms with van der Waals surface area (Å²) in [5.41, 5.74) is 1.32. The Labute approximate surface area is 167 Å². The Morgan fingerprint density at radius 3 is 2.57 bits per heavy atom. The van der Waals surface area contributed by atoms with Crippen LogP contribution in [-0.2, 0) is 23.7 Å². The molecular formula is C23H32O5. The summed E-state index contributed by atoms with van der Waals surface area (Å²) < 4.78 is 24.3. The first-order chi connectivity index (χ1) is 13.4. The highest BCUT2D eigenvalue weighted by molar-refractivity contribution is 5.91. The van der Waals surface area contributed by atoms with Crippen LogP contribution in [0.4, 0.5) is 0 Å². The van der Waals surface area contributed by atoms with Crippen molar-refractivity contribution in [2.75, 3.05) is 20.2 Å². The van der Waals surface area contributed by atoms with Gasteiger partial charge in [-0.1, -0.05) is 19.4 Å². The Hall–Kier alpha value is -0.750. The summed E-state index contributed by atoms with van der Waals surface area (Å²) in [6.45, 7) is 5.98. The van der Waals surface area contributed by atoms with E-state index < -0.39 is 5.79 Å². The largest absolute Gasteiger partial charge is 0.350 e. The molecule has 2 spiro atoms. The molecule has 0 aromatic carbocycles. The molecule has 0 aromatic heterocycles. The Bertz CT molecular complexity index is 734. The molecule has 5 heteroatoms. The summed E-state index contributed by atoms with van der Waals surface area (Å²) in [6, 6.07) is 0. The minimum atomic E-state index is -0.718. The molecule has 0 radical (unpaired) electrons. The first-order valence-corrected chi connectivity index (χ1v) is 11.2. The standard InChI is InChI=1S/C23H32O5/c1-20-8-5-16(24)11-15(20)3-4-17-18(20)6-9-21(2)19(17)7-10-22(21)23(28-14-26-22)12-25-13-27-23/h11,17-19H,3-10,12-14H2,1-2H3/t17-,18+,19-,20+,21-,22-,23+/m1/s1. The molecule has 0 bridgehead atoms. The van der Waals surface area contributed by atoms with Crippen LogP contribution in [0.15, 0.2) is 11.6 Å². The maximum atomic E-state index is 12.0. The zero-order valence-electron chi connectivity index (χ0n) is 17.1. The van der Waals surface area contributed by atoms with Crippen molar-refractivity contribution in [3.63, 3.8) is 0 Å². The van der Waals surface area contributed by atoms with Gasteiger partial charge in [0.05, 0.1) is 0 Å². The van der Waals surface area contributed by atoms with E-state index in [0.29, 0.717) is 43.7 Å². The fourth-order valence-corrected chi connectivity index (χ4v) is 8.54. The number of ether oxygens (including phenoxy) is 4. The van der Waals surface area contributed by atoms with Crippen LogP contribution in [0.2, 0.25) is 0 Å². The molecule has 4 aliphatic carbocycles. The van der Waals surface area contributed by atoms with Gasteiger partial charge in [-0.05, 0) is 74.2 Å². The molecule has 3 saturated carbocycles. The summed E-state index contributed by atoms with van der Waals surface area (Å²) in [5, 5.41) is 0. The van der Waals surface area contributed by atoms with Crippen LogP contribution in [0.25, 0.3) is 0 Å². The molecular weight excluding hydrogens is 356 g/mol. The first kappa shape index (κ1) is 18.1. The molecule has 5 fully saturated rings. The van der Waals surface area contributed by atoms with Gasteiger partial charge in [-0.25, -0.2) is 0 Å². The van der Waals surface area contributed by atoms with E-state index >= 15 is 0 Å². The Morgan fingerprint density at radius 2 is 1.75 bits per heavy atom. The highest BCUT2D eigenvalue weighted by Gasteiger charge is 2.75. The normalized spacial score (nSPS) is 55.3. The fourth-order valence-electron chi connectivity index (χ4n) is 8.54. The number of allylic oxidation sites excluding steroid dienone is 1. The second-order valence-electron chi connectivity index (χ2n) is 10.6. The third kappa shape index (κ3) is 1.95. The van der Waals surface area contributed by atoms with Gasteiger partial charge in [0.25, 0.3) is 0 Å². The maximum Gasteiger partial charge on any atom is 0.226 e. The lowest BCUT2D eigenvalue weighted by Crippen LogP contribution is -2.63. The SMILES string of the molecule is C[C@]12CCC(=O)C=C1CC[C@H]1[C@H]3CC[C@@]4(OCO[C@@]45COCO5)[C@]3(C)CC[C@@H]12. The van der Waals surface area contributed by atoms with Crippen molar-refractivity contribution in [1.82, 2.24) is 0 Å². The monoisotopic (exact) mass is 388 g/mol. The van der Waals surface area contributed by atoms with E-state index in [1.807, 2.05) is 6.08 Å². The zero-order valence-corrected chi connectivity index (χ0v) is 17.1. The van der Waals surface area contributed by atoms with Crippen LogP contribution in [-0.4, -0.2) is 37.4 Å². The molecule has 6 rings (SSSR count). The van der Waals surface area contributed by atoms with E-state index in [1.54, 1.807) is 0 Å². The molecule has 7 atom stereocenters. The average Bonchev–Trinajstić information content (AvgIpc) is 3.37. The van der Waals surface area contributed by atoms with Crippen molar-refractivity contribution < 1.29 is 23.7 Å². The number of carbonyl (C=O) groups is 1. The number of rotatable bonds is 0. The van der Waals surface area contributed by atoms with E-state index in [2.05, 4.69) is 13.8 Å². The second-order valence-corrected chi connectivity index (χ2v) is 10.6. The van der Waals surface area contributed by atoms with Gasteiger partial charge in [0.15, 0.2) is 19.4 Å². The molecule has 6 aliphatic rings. The molecule has 0 unspecified atom stereocenters. The van der Waals surface area contributed by atoms with Gasteiger partial charge in [-0.3, -0.25) is 4.79 Å². The second kappa shape index (κ2) is 5.69. The molecule has 2 aliphatic heterocycles. The van der Waals surface area contributed by atoms with Gasteiger partial charge in [0, 0.05) is 11.8 Å². The average molecular weight is 389 g/mol. The molecule has 28 heavy (non-hydrogen) atoms. The topological polar surface area (TPSA) is 54.0 Å². The number of ketones is 1. The van der Waals surface area contributed by atoms with Gasteiger partial charge >= 0.3 is 0 Å². The molecule has 5 nitrogen and oxygen atoms in total. The van der Waals surface area contributed by atoms with E-state index in [0.717, 1.165) is 32.1 Å². The molecule has 0 amide bonds. The quantitative estimate of drug-likeness (QED) is 0.629. The highest BCUT2D eigenvalue weighted by atomic mass is 16.9. The van der Waals surface area contributed by atoms with Crippen molar-refractivity contribution in [3.8, 4) is 0 Å². The van der Waals surface area contributed by atoms with Crippen LogP contribution in [0.3, 0.4) is 0 Å². The van der Waals surface area contributed by atoms with Crippen molar-refractivity contribution in [2.24, 2.45) is 28.6 Å². The summed E-state index contributed by atoms with van der Waals surface area (Å²) >= 11 is 0. The molecule has 154 valence electrons. The number of hydrogen-bond donors (Lipinski definition) is 0. The fraction of sp³-hybridized carbons (Fsp3) is 0.870. The van der Waals surface area contributed by atoms with Crippen molar-refractivity contribution in [1.29, 1.82) is 0 Å². The highest BCUT2D eigenvalue weighted by Crippen LogP contribution is 2.71. The Morgan fingerprint density at radius 1 is 0.929 bits per heavy atom. The summed E-state index contributed by atoms with van der Waals surface area (Å²) in [6.07, 6.45) is 10.6. The smallest absolute Gasteiger partial charge is 0.226 e. The summed E-state index contributed by atoms with van der Waals surface area (Å²) in [7, 11) is 0. The van der Waals surface area contributed by atoms with Gasteiger partial charge in [-0.15, -0.1) is 0 Å². The maximum absolute atomic E-state index is 12.0. The molecule has 0 N–H and O–H groups in total. The first-order valence-electron chi connectivity index (χ1n) is 11.2. The lowest BCUT2D eigenvalue weighted by Gasteiger charge is -2.60. The van der Waals surface area contributed by atoms with E-state index in [9.17, 15) is 4.79 Å². The Kier molecular flexibility index (Phi) is 3.67. The lowest BCUT2D eigenvalue weighted by molar-refractivity contribution is -0.248. The van der Waals surface area contributed by atoms with Crippen molar-refractivity contribution in [3.05, 3.63) is 11.6 Å². The van der Waals surface area contributed by atoms with Gasteiger partial charge in [-0.2, -0.15) is 0 Å². The predicted octanol–water partition coefficient (Wildman–Crippen LogP) is 3.96. The zero-order chi connectivity index (χ0) is 19.2. The number of hydrogen-bond acceptors (Lipinski definition) is 5. The summed E-state index contributed by atoms with van der Waals surface area (Å²) in [5.74, 6) is 1.64. The van der Waals surface area contributed by atoms with Crippen LogP contribution in [0.1, 0.15) is 65.2 Å². The number of fused-ring (bicyclic) bond motifs is 7. The van der Waals surface area contributed by atoms with Gasteiger partial charge in [0.2, 0.25) is 5.79 Å². The van der Waals surface area contributed by atoms with Crippen LogP contribution in [0, 0.1) is 28.6 Å². The molecule has 2 heterocycles. The van der Waals surface area contributed by atoms with E-state index in [-0.39, 0.29) is 16.4 Å². The van der Waals surface area contributed by atoms with Crippen LogP contribution < -0.4 is 0 Å². The van der Waals surface area contributed by atoms with E-state index in [1.165, 1.54) is 24.8 Å². The minimum absolute atomic E-state index is 0.0560. The number of carbonyl (C=O) groups excluding carboxylic acids is 1. The predicted molar refractivity (Wildman–Crippen MR) is 101 cm³/mol. The van der Waals surface area contributed by atoms with Crippen molar-refractivity contribution in [2.45, 2.75) is 76.6 Å². The van der Waals surface area contributed by atoms with Gasteiger partial charge < -0.3 is 18.9 Å². The molecule has 0 aromatic rings. The van der Waals surface area contributed by atoms with Crippen molar-refractivity contribution >= 4 is 5.78 Å². The van der Waals surface area contributed by atoms with E-state index in [4.69, 9.17) is 18.9 Å². The lowest BCUT2D eigenvalue weighted by atomic mass is 9.46. The van der Waals surface area contributed by atoms with Gasteiger partial charge in [0.1, 0.15) is 12.2 Å². The van der Waals surface area contributed by atoms with Crippen LogP contribution in [0.5, 0.6) is 0 Å². The Balaban J connectivity index is 1.37. The summed E-state index contributed by atoms with van der Waals surface area (Å²) in [4.78, 5) is 12.0.